The van der Waals surface area contributed by atoms with Crippen molar-refractivity contribution in [3.05, 3.63) is 72.8 Å². The summed E-state index contributed by atoms with van der Waals surface area (Å²) in [5.41, 5.74) is 5.27. The van der Waals surface area contributed by atoms with Crippen LogP contribution in [0.15, 0.2) is 72.8 Å². The molecule has 0 amide bonds. The molecule has 2 saturated carbocycles. The molecule has 4 bridgehead atoms. The van der Waals surface area contributed by atoms with Crippen molar-refractivity contribution in [3.63, 3.8) is 0 Å². The Morgan fingerprint density at radius 1 is 0.517 bits per heavy atom. The first kappa shape index (κ1) is 16.1. The van der Waals surface area contributed by atoms with Crippen LogP contribution in [0.4, 0.5) is 5.69 Å². The standard InChI is InChI=1S/C27H26N2/c1-3-7-26-24(5-1)25-6-2-4-8-27(25)29(26)21-11-9-20(10-12-21)28-22-14-18-13-19(16-22)17-23(28)15-18/h1-12,18-19,22-23H,13-17H2. The van der Waals surface area contributed by atoms with E-state index in [0.717, 1.165) is 23.9 Å². The zero-order valence-corrected chi connectivity index (χ0v) is 16.7. The highest BCUT2D eigenvalue weighted by Gasteiger charge is 2.46. The summed E-state index contributed by atoms with van der Waals surface area (Å²) in [6, 6.07) is 28.5. The molecule has 0 atom stereocenters. The van der Waals surface area contributed by atoms with Gasteiger partial charge in [0.2, 0.25) is 0 Å². The van der Waals surface area contributed by atoms with Crippen molar-refractivity contribution in [2.75, 3.05) is 4.90 Å². The van der Waals surface area contributed by atoms with Crippen molar-refractivity contribution < 1.29 is 0 Å². The summed E-state index contributed by atoms with van der Waals surface area (Å²) >= 11 is 0. The van der Waals surface area contributed by atoms with E-state index in [-0.39, 0.29) is 0 Å². The summed E-state index contributed by atoms with van der Waals surface area (Å²) in [6.07, 6.45) is 7.18. The van der Waals surface area contributed by atoms with E-state index in [4.69, 9.17) is 0 Å². The normalized spacial score (nSPS) is 27.9. The van der Waals surface area contributed by atoms with Crippen LogP contribution < -0.4 is 4.90 Å². The Bertz CT molecular complexity index is 1140. The third-order valence-electron chi connectivity index (χ3n) is 7.86. The fourth-order valence-corrected chi connectivity index (χ4v) is 6.93. The molecule has 4 aliphatic rings. The topological polar surface area (TPSA) is 8.17 Å². The lowest BCUT2D eigenvalue weighted by Gasteiger charge is -2.57. The Morgan fingerprint density at radius 2 is 1.00 bits per heavy atom. The molecule has 2 aliphatic heterocycles. The van der Waals surface area contributed by atoms with E-state index in [1.54, 1.807) is 0 Å². The van der Waals surface area contributed by atoms with Gasteiger partial charge in [-0.25, -0.2) is 0 Å². The Hall–Kier alpha value is -2.74. The second kappa shape index (κ2) is 5.89. The first-order valence-electron chi connectivity index (χ1n) is 11.2. The molecular weight excluding hydrogens is 352 g/mol. The van der Waals surface area contributed by atoms with E-state index in [9.17, 15) is 0 Å². The molecule has 0 spiro atoms. The monoisotopic (exact) mass is 378 g/mol. The summed E-state index contributed by atoms with van der Waals surface area (Å²) in [7, 11) is 0. The zero-order valence-electron chi connectivity index (χ0n) is 16.7. The summed E-state index contributed by atoms with van der Waals surface area (Å²) in [5, 5.41) is 2.66. The number of aromatic nitrogens is 1. The lowest BCUT2D eigenvalue weighted by atomic mass is 9.63. The van der Waals surface area contributed by atoms with Crippen LogP contribution in [-0.4, -0.2) is 16.7 Å². The number of nitrogens with zero attached hydrogens (tertiary/aromatic N) is 2. The SMILES string of the molecule is c1ccc2c(c1)c1ccccc1n2-c1ccc(N2C3CC4CC(C3)CC2C4)cc1. The van der Waals surface area contributed by atoms with Gasteiger partial charge >= 0.3 is 0 Å². The predicted octanol–water partition coefficient (Wildman–Crippen LogP) is 6.55. The van der Waals surface area contributed by atoms with Crippen LogP contribution in [0.25, 0.3) is 27.5 Å². The van der Waals surface area contributed by atoms with Crippen molar-refractivity contribution in [1.29, 1.82) is 0 Å². The fraction of sp³-hybridized carbons (Fsp3) is 0.333. The minimum Gasteiger partial charge on any atom is -0.366 e. The lowest BCUT2D eigenvalue weighted by molar-refractivity contribution is 0.0900. The molecule has 2 aliphatic carbocycles. The van der Waals surface area contributed by atoms with Gasteiger partial charge in [-0.3, -0.25) is 0 Å². The molecule has 2 heteroatoms. The average Bonchev–Trinajstić information content (AvgIpc) is 3.08. The smallest absolute Gasteiger partial charge is 0.0541 e. The van der Waals surface area contributed by atoms with Crippen molar-refractivity contribution in [1.82, 2.24) is 4.57 Å². The van der Waals surface area contributed by atoms with Gasteiger partial charge in [0.05, 0.1) is 11.0 Å². The minimum atomic E-state index is 0.783. The third kappa shape index (κ3) is 2.29. The highest BCUT2D eigenvalue weighted by atomic mass is 15.2. The van der Waals surface area contributed by atoms with Gasteiger partial charge in [-0.1, -0.05) is 36.4 Å². The molecule has 1 aromatic heterocycles. The van der Waals surface area contributed by atoms with Gasteiger partial charge in [-0.05, 0) is 80.3 Å². The van der Waals surface area contributed by atoms with Crippen molar-refractivity contribution in [2.24, 2.45) is 11.8 Å². The summed E-state index contributed by atoms with van der Waals surface area (Å²) < 4.78 is 2.42. The minimum absolute atomic E-state index is 0.783. The maximum atomic E-state index is 2.78. The summed E-state index contributed by atoms with van der Waals surface area (Å²) in [6.45, 7) is 0. The number of anilines is 1. The quantitative estimate of drug-likeness (QED) is 0.384. The van der Waals surface area contributed by atoms with Gasteiger partial charge in [0.15, 0.2) is 0 Å². The number of hydrogen-bond donors (Lipinski definition) is 0. The van der Waals surface area contributed by atoms with Gasteiger partial charge in [0.1, 0.15) is 0 Å². The van der Waals surface area contributed by atoms with Crippen LogP contribution in [-0.2, 0) is 0 Å². The van der Waals surface area contributed by atoms with E-state index >= 15 is 0 Å². The number of rotatable bonds is 2. The van der Waals surface area contributed by atoms with Gasteiger partial charge in [-0.2, -0.15) is 0 Å². The van der Waals surface area contributed by atoms with E-state index in [0.29, 0.717) is 0 Å². The number of benzene rings is 3. The average molecular weight is 379 g/mol. The first-order chi connectivity index (χ1) is 14.3. The summed E-state index contributed by atoms with van der Waals surface area (Å²) in [5.74, 6) is 2.01. The Morgan fingerprint density at radius 3 is 1.55 bits per heavy atom. The number of para-hydroxylation sites is 2. The molecule has 0 radical (unpaired) electrons. The van der Waals surface area contributed by atoms with Crippen LogP contribution in [0.2, 0.25) is 0 Å². The Balaban J connectivity index is 1.32. The zero-order chi connectivity index (χ0) is 18.9. The van der Waals surface area contributed by atoms with Gasteiger partial charge in [0.25, 0.3) is 0 Å². The highest BCUT2D eigenvalue weighted by molar-refractivity contribution is 6.09. The molecule has 3 heterocycles. The highest BCUT2D eigenvalue weighted by Crippen LogP contribution is 2.50. The van der Waals surface area contributed by atoms with E-state index < -0.39 is 0 Å². The maximum Gasteiger partial charge on any atom is 0.0541 e. The largest absolute Gasteiger partial charge is 0.366 e. The van der Waals surface area contributed by atoms with Gasteiger partial charge in [0, 0.05) is 34.2 Å². The second-order valence-corrected chi connectivity index (χ2v) is 9.51. The maximum absolute atomic E-state index is 2.78. The first-order valence-corrected chi connectivity index (χ1v) is 11.2. The fourth-order valence-electron chi connectivity index (χ4n) is 6.93. The molecular formula is C27H26N2. The van der Waals surface area contributed by atoms with Crippen LogP contribution >= 0.6 is 0 Å². The molecule has 29 heavy (non-hydrogen) atoms. The summed E-state index contributed by atoms with van der Waals surface area (Å²) in [4.78, 5) is 2.78. The number of piperidine rings is 2. The molecule has 0 unspecified atom stereocenters. The lowest BCUT2D eigenvalue weighted by Crippen LogP contribution is -2.58. The van der Waals surface area contributed by atoms with E-state index in [2.05, 4.69) is 82.3 Å². The molecule has 4 aromatic rings. The van der Waals surface area contributed by atoms with Gasteiger partial charge in [-0.15, -0.1) is 0 Å². The molecule has 144 valence electrons. The molecule has 2 nitrogen and oxygen atoms in total. The van der Waals surface area contributed by atoms with Crippen LogP contribution in [0, 0.1) is 11.8 Å². The third-order valence-corrected chi connectivity index (χ3v) is 7.86. The van der Waals surface area contributed by atoms with E-state index in [1.807, 2.05) is 0 Å². The number of hydrogen-bond acceptors (Lipinski definition) is 1. The van der Waals surface area contributed by atoms with Crippen LogP contribution in [0.5, 0.6) is 0 Å². The van der Waals surface area contributed by atoms with Crippen molar-refractivity contribution >= 4 is 27.5 Å². The molecule has 4 fully saturated rings. The predicted molar refractivity (Wildman–Crippen MR) is 121 cm³/mol. The van der Waals surface area contributed by atoms with Crippen LogP contribution in [0.3, 0.4) is 0 Å². The molecule has 2 saturated heterocycles. The second-order valence-electron chi connectivity index (χ2n) is 9.51. The van der Waals surface area contributed by atoms with Crippen molar-refractivity contribution in [3.8, 4) is 5.69 Å². The number of fused-ring (bicyclic) bond motifs is 3. The van der Waals surface area contributed by atoms with Gasteiger partial charge < -0.3 is 9.47 Å². The Kier molecular flexibility index (Phi) is 3.27. The van der Waals surface area contributed by atoms with Crippen molar-refractivity contribution in [2.45, 2.75) is 44.2 Å². The van der Waals surface area contributed by atoms with Crippen LogP contribution in [0.1, 0.15) is 32.1 Å². The molecule has 3 aromatic carbocycles. The molecule has 0 N–H and O–H groups in total. The van der Waals surface area contributed by atoms with E-state index in [1.165, 1.54) is 65.3 Å². The molecule has 8 rings (SSSR count). The Labute approximate surface area is 171 Å².